The molecule has 0 aliphatic rings. The maximum atomic E-state index is 11.4. The summed E-state index contributed by atoms with van der Waals surface area (Å²) in [6, 6.07) is 1.95. The first-order chi connectivity index (χ1) is 7.83. The summed E-state index contributed by atoms with van der Waals surface area (Å²) in [6.45, 7) is 4.91. The summed E-state index contributed by atoms with van der Waals surface area (Å²) in [7, 11) is -2.98. The van der Waals surface area contributed by atoms with Gasteiger partial charge in [0.15, 0.2) is 0 Å². The number of aryl methyl sites for hydroxylation is 1. The highest BCUT2D eigenvalue weighted by atomic mass is 79.9. The van der Waals surface area contributed by atoms with E-state index in [0.29, 0.717) is 0 Å². The Morgan fingerprint density at radius 2 is 2.18 bits per heavy atom. The van der Waals surface area contributed by atoms with Crippen molar-refractivity contribution in [3.63, 3.8) is 0 Å². The molecule has 0 saturated carbocycles. The van der Waals surface area contributed by atoms with Gasteiger partial charge in [-0.2, -0.15) is 0 Å². The van der Waals surface area contributed by atoms with Gasteiger partial charge in [-0.25, -0.2) is 8.42 Å². The highest BCUT2D eigenvalue weighted by Gasteiger charge is 2.19. The molecule has 0 spiro atoms. The second-order valence-corrected chi connectivity index (χ2v) is 8.79. The van der Waals surface area contributed by atoms with E-state index in [1.54, 1.807) is 11.3 Å². The molecule has 0 aromatic carbocycles. The fourth-order valence-corrected chi connectivity index (χ4v) is 4.17. The summed E-state index contributed by atoms with van der Waals surface area (Å²) in [6.07, 6.45) is 2.27. The van der Waals surface area contributed by atoms with Gasteiger partial charge in [0.1, 0.15) is 9.84 Å². The van der Waals surface area contributed by atoms with Crippen molar-refractivity contribution in [3.05, 3.63) is 20.3 Å². The molecule has 98 valence electrons. The summed E-state index contributed by atoms with van der Waals surface area (Å²) in [5.41, 5.74) is 1.15. The van der Waals surface area contributed by atoms with Gasteiger partial charge in [-0.05, 0) is 47.4 Å². The number of hydrogen-bond acceptors (Lipinski definition) is 4. The molecule has 1 N–H and O–H groups in total. The fourth-order valence-electron chi connectivity index (χ4n) is 1.52. The molecule has 0 saturated heterocycles. The summed E-state index contributed by atoms with van der Waals surface area (Å²) in [5, 5.41) is 3.29. The number of halogens is 1. The first kappa shape index (κ1) is 15.1. The van der Waals surface area contributed by atoms with E-state index in [1.807, 2.05) is 13.0 Å². The Morgan fingerprint density at radius 1 is 1.53 bits per heavy atom. The normalized spacial score (nSPS) is 13.9. The Kier molecular flexibility index (Phi) is 5.63. The lowest BCUT2D eigenvalue weighted by Gasteiger charge is -2.15. The maximum absolute atomic E-state index is 11.4. The van der Waals surface area contributed by atoms with E-state index in [1.165, 1.54) is 6.26 Å². The van der Waals surface area contributed by atoms with Crippen molar-refractivity contribution in [2.24, 2.45) is 0 Å². The van der Waals surface area contributed by atoms with Gasteiger partial charge in [-0.3, -0.25) is 0 Å². The molecule has 1 rings (SSSR count). The standard InChI is InChI=1S/C11H18BrNO2S2/c1-4-5-13-9(7-17(3,14)15)10-6-8(2)11(12)16-10/h6,9,13H,4-5,7H2,1-3H3. The Hall–Kier alpha value is 0.0900. The van der Waals surface area contributed by atoms with Crippen molar-refractivity contribution in [2.45, 2.75) is 26.3 Å². The van der Waals surface area contributed by atoms with Crippen molar-refractivity contribution in [3.8, 4) is 0 Å². The van der Waals surface area contributed by atoms with Gasteiger partial charge < -0.3 is 5.32 Å². The summed E-state index contributed by atoms with van der Waals surface area (Å²) >= 11 is 5.08. The Bertz CT molecular complexity index is 448. The average molecular weight is 340 g/mol. The van der Waals surface area contributed by atoms with Gasteiger partial charge in [0.25, 0.3) is 0 Å². The predicted molar refractivity (Wildman–Crippen MR) is 77.5 cm³/mol. The van der Waals surface area contributed by atoms with Crippen LogP contribution in [-0.4, -0.2) is 27.0 Å². The summed E-state index contributed by atoms with van der Waals surface area (Å²) < 4.78 is 23.9. The third kappa shape index (κ3) is 5.07. The monoisotopic (exact) mass is 339 g/mol. The van der Waals surface area contributed by atoms with Crippen LogP contribution in [0.1, 0.15) is 29.8 Å². The van der Waals surface area contributed by atoms with Crippen molar-refractivity contribution in [1.82, 2.24) is 5.32 Å². The lowest BCUT2D eigenvalue weighted by atomic mass is 10.2. The predicted octanol–water partition coefficient (Wildman–Crippen LogP) is 2.90. The molecule has 0 bridgehead atoms. The van der Waals surface area contributed by atoms with Crippen LogP contribution in [0.5, 0.6) is 0 Å². The van der Waals surface area contributed by atoms with E-state index in [9.17, 15) is 8.42 Å². The molecule has 6 heteroatoms. The van der Waals surface area contributed by atoms with Gasteiger partial charge in [0.2, 0.25) is 0 Å². The molecule has 1 heterocycles. The second-order valence-electron chi connectivity index (χ2n) is 4.20. The highest BCUT2D eigenvalue weighted by Crippen LogP contribution is 2.31. The van der Waals surface area contributed by atoms with E-state index >= 15 is 0 Å². The number of nitrogens with one attached hydrogen (secondary N) is 1. The number of sulfone groups is 1. The molecule has 0 radical (unpaired) electrons. The van der Waals surface area contributed by atoms with Crippen LogP contribution < -0.4 is 5.32 Å². The summed E-state index contributed by atoms with van der Waals surface area (Å²) in [4.78, 5) is 1.08. The molecule has 1 atom stereocenters. The van der Waals surface area contributed by atoms with Crippen LogP contribution in [0.2, 0.25) is 0 Å². The molecule has 17 heavy (non-hydrogen) atoms. The fraction of sp³-hybridized carbons (Fsp3) is 0.636. The Balaban J connectivity index is 2.89. The lowest BCUT2D eigenvalue weighted by Crippen LogP contribution is -2.27. The van der Waals surface area contributed by atoms with Crippen LogP contribution >= 0.6 is 27.3 Å². The molecular weight excluding hydrogens is 322 g/mol. The van der Waals surface area contributed by atoms with E-state index < -0.39 is 9.84 Å². The Morgan fingerprint density at radius 3 is 2.59 bits per heavy atom. The number of thiophene rings is 1. The minimum Gasteiger partial charge on any atom is -0.308 e. The zero-order chi connectivity index (χ0) is 13.1. The topological polar surface area (TPSA) is 46.2 Å². The molecular formula is C11H18BrNO2S2. The minimum atomic E-state index is -2.98. The van der Waals surface area contributed by atoms with Crippen LogP contribution in [0.15, 0.2) is 9.85 Å². The van der Waals surface area contributed by atoms with Gasteiger partial charge >= 0.3 is 0 Å². The minimum absolute atomic E-state index is 0.0973. The van der Waals surface area contributed by atoms with E-state index in [0.717, 1.165) is 27.2 Å². The van der Waals surface area contributed by atoms with E-state index in [2.05, 4.69) is 28.2 Å². The SMILES string of the molecule is CCCNC(CS(C)(=O)=O)c1cc(C)c(Br)s1. The molecule has 0 amide bonds. The van der Waals surface area contributed by atoms with E-state index in [4.69, 9.17) is 0 Å². The van der Waals surface area contributed by atoms with E-state index in [-0.39, 0.29) is 11.8 Å². The van der Waals surface area contributed by atoms with Gasteiger partial charge in [0, 0.05) is 11.1 Å². The number of hydrogen-bond donors (Lipinski definition) is 1. The van der Waals surface area contributed by atoms with Gasteiger partial charge in [-0.1, -0.05) is 6.92 Å². The molecule has 1 aromatic rings. The first-order valence-corrected chi connectivity index (χ1v) is 9.17. The average Bonchev–Trinajstić information content (AvgIpc) is 2.52. The van der Waals surface area contributed by atoms with Crippen molar-refractivity contribution in [2.75, 3.05) is 18.6 Å². The lowest BCUT2D eigenvalue weighted by molar-refractivity contribution is 0.554. The molecule has 0 fully saturated rings. The highest BCUT2D eigenvalue weighted by molar-refractivity contribution is 9.11. The first-order valence-electron chi connectivity index (χ1n) is 5.50. The van der Waals surface area contributed by atoms with Crippen LogP contribution in [-0.2, 0) is 9.84 Å². The van der Waals surface area contributed by atoms with Gasteiger partial charge in [-0.15, -0.1) is 11.3 Å². The molecule has 0 aliphatic heterocycles. The Labute approximate surface area is 116 Å². The largest absolute Gasteiger partial charge is 0.308 e. The molecule has 3 nitrogen and oxygen atoms in total. The zero-order valence-corrected chi connectivity index (χ0v) is 13.5. The van der Waals surface area contributed by atoms with Crippen molar-refractivity contribution < 1.29 is 8.42 Å². The number of rotatable bonds is 6. The molecule has 1 unspecified atom stereocenters. The summed E-state index contributed by atoms with van der Waals surface area (Å²) in [5.74, 6) is 0.152. The zero-order valence-electron chi connectivity index (χ0n) is 10.3. The maximum Gasteiger partial charge on any atom is 0.149 e. The van der Waals surface area contributed by atoms with Crippen molar-refractivity contribution >= 4 is 37.1 Å². The third-order valence-electron chi connectivity index (χ3n) is 2.33. The van der Waals surface area contributed by atoms with Crippen molar-refractivity contribution in [1.29, 1.82) is 0 Å². The van der Waals surface area contributed by atoms with Crippen LogP contribution in [0, 0.1) is 6.92 Å². The molecule has 0 aliphatic carbocycles. The van der Waals surface area contributed by atoms with Crippen LogP contribution in [0.25, 0.3) is 0 Å². The quantitative estimate of drug-likeness (QED) is 0.866. The third-order valence-corrected chi connectivity index (χ3v) is 5.52. The van der Waals surface area contributed by atoms with Gasteiger partial charge in [0.05, 0.1) is 15.6 Å². The van der Waals surface area contributed by atoms with Crippen LogP contribution in [0.4, 0.5) is 0 Å². The molecule has 1 aromatic heterocycles. The smallest absolute Gasteiger partial charge is 0.149 e. The van der Waals surface area contributed by atoms with Crippen LogP contribution in [0.3, 0.4) is 0 Å². The second kappa shape index (κ2) is 6.31.